The van der Waals surface area contributed by atoms with E-state index >= 15 is 0 Å². The van der Waals surface area contributed by atoms with Gasteiger partial charge in [-0.25, -0.2) is 9.59 Å². The summed E-state index contributed by atoms with van der Waals surface area (Å²) in [5.41, 5.74) is -0.957. The molecule has 0 spiro atoms. The highest BCUT2D eigenvalue weighted by atomic mass is 16.6. The number of hydrogen-bond acceptors (Lipinski definition) is 6. The second-order valence-corrected chi connectivity index (χ2v) is 7.46. The van der Waals surface area contributed by atoms with Crippen LogP contribution in [0, 0.1) is 0 Å². The van der Waals surface area contributed by atoms with Crippen LogP contribution in [0.5, 0.6) is 11.5 Å². The van der Waals surface area contributed by atoms with Crippen molar-refractivity contribution >= 4 is 12.1 Å². The van der Waals surface area contributed by atoms with E-state index in [0.29, 0.717) is 17.1 Å². The summed E-state index contributed by atoms with van der Waals surface area (Å²) in [5, 5.41) is 11.6. The average Bonchev–Trinajstić information content (AvgIpc) is 2.56. The van der Waals surface area contributed by atoms with E-state index < -0.39 is 29.3 Å². The number of nitrogens with one attached hydrogen (secondary N) is 1. The van der Waals surface area contributed by atoms with Crippen LogP contribution in [0.4, 0.5) is 4.79 Å². The lowest BCUT2D eigenvalue weighted by Crippen LogP contribution is -2.47. The van der Waals surface area contributed by atoms with E-state index in [4.69, 9.17) is 18.9 Å². The molecule has 0 fully saturated rings. The Hall–Kier alpha value is -2.48. The largest absolute Gasteiger partial charge is 0.497 e. The highest BCUT2D eigenvalue weighted by Gasteiger charge is 2.30. The summed E-state index contributed by atoms with van der Waals surface area (Å²) in [6.07, 6.45) is -0.869. The molecule has 2 N–H and O–H groups in total. The monoisotopic (exact) mass is 383 g/mol. The van der Waals surface area contributed by atoms with Crippen LogP contribution in [0.15, 0.2) is 18.2 Å². The maximum Gasteiger partial charge on any atom is 0.408 e. The number of methoxy groups -OCH3 is 2. The molecule has 1 amide bonds. The van der Waals surface area contributed by atoms with E-state index in [2.05, 4.69) is 5.32 Å². The Morgan fingerprint density at radius 1 is 1.04 bits per heavy atom. The standard InChI is InChI=1S/C19H29NO7/c1-18(2,3)26-11-15(16(21)22)20-17(23)27-19(4,5)12-8-13(24-6)10-14(9-12)25-7/h8-10,15H,11H2,1-7H3,(H,20,23)(H,21,22)/t15-/m0/s1. The summed E-state index contributed by atoms with van der Waals surface area (Å²) >= 11 is 0. The van der Waals surface area contributed by atoms with Crippen LogP contribution in [-0.4, -0.2) is 49.6 Å². The van der Waals surface area contributed by atoms with Crippen molar-refractivity contribution in [2.24, 2.45) is 0 Å². The van der Waals surface area contributed by atoms with Crippen molar-refractivity contribution in [3.05, 3.63) is 23.8 Å². The fourth-order valence-electron chi connectivity index (χ4n) is 2.13. The molecule has 1 rings (SSSR count). The van der Waals surface area contributed by atoms with Crippen LogP contribution >= 0.6 is 0 Å². The Balaban J connectivity index is 2.88. The first-order chi connectivity index (χ1) is 12.4. The van der Waals surface area contributed by atoms with Crippen molar-refractivity contribution in [3.8, 4) is 11.5 Å². The SMILES string of the molecule is COc1cc(OC)cc(C(C)(C)OC(=O)N[C@@H](COC(C)(C)C)C(=O)O)c1. The topological polar surface area (TPSA) is 103 Å². The number of carbonyl (C=O) groups is 2. The van der Waals surface area contributed by atoms with Crippen molar-refractivity contribution in [1.29, 1.82) is 0 Å². The van der Waals surface area contributed by atoms with Crippen LogP contribution < -0.4 is 14.8 Å². The number of hydrogen-bond donors (Lipinski definition) is 2. The highest BCUT2D eigenvalue weighted by Crippen LogP contribution is 2.32. The molecule has 27 heavy (non-hydrogen) atoms. The first-order valence-corrected chi connectivity index (χ1v) is 8.48. The molecule has 152 valence electrons. The van der Waals surface area contributed by atoms with Gasteiger partial charge in [0, 0.05) is 11.6 Å². The molecule has 0 aliphatic rings. The third kappa shape index (κ3) is 7.34. The van der Waals surface area contributed by atoms with Crippen LogP contribution in [-0.2, 0) is 19.9 Å². The van der Waals surface area contributed by atoms with Gasteiger partial charge < -0.3 is 29.4 Å². The van der Waals surface area contributed by atoms with Crippen LogP contribution in [0.3, 0.4) is 0 Å². The summed E-state index contributed by atoms with van der Waals surface area (Å²) < 4.78 is 21.4. The summed E-state index contributed by atoms with van der Waals surface area (Å²) in [4.78, 5) is 23.6. The van der Waals surface area contributed by atoms with E-state index in [1.54, 1.807) is 52.8 Å². The lowest BCUT2D eigenvalue weighted by atomic mass is 9.97. The summed E-state index contributed by atoms with van der Waals surface area (Å²) in [6, 6.07) is 3.90. The Bertz CT molecular complexity index is 642. The zero-order valence-corrected chi connectivity index (χ0v) is 16.9. The van der Waals surface area contributed by atoms with E-state index in [1.165, 1.54) is 14.2 Å². The van der Waals surface area contributed by atoms with Crippen LogP contribution in [0.1, 0.15) is 40.2 Å². The van der Waals surface area contributed by atoms with Gasteiger partial charge in [0.15, 0.2) is 6.04 Å². The van der Waals surface area contributed by atoms with Gasteiger partial charge in [-0.1, -0.05) is 0 Å². The molecule has 0 aliphatic carbocycles. The maximum absolute atomic E-state index is 12.3. The number of aliphatic carboxylic acids is 1. The number of amides is 1. The molecular weight excluding hydrogens is 354 g/mol. The van der Waals surface area contributed by atoms with Gasteiger partial charge in [0.2, 0.25) is 0 Å². The van der Waals surface area contributed by atoms with E-state index in [0.717, 1.165) is 0 Å². The van der Waals surface area contributed by atoms with Crippen molar-refractivity contribution < 1.29 is 33.6 Å². The van der Waals surface area contributed by atoms with Crippen molar-refractivity contribution in [1.82, 2.24) is 5.32 Å². The zero-order chi connectivity index (χ0) is 20.8. The molecule has 0 heterocycles. The Labute approximate surface area is 159 Å². The van der Waals surface area contributed by atoms with E-state index in [-0.39, 0.29) is 6.61 Å². The lowest BCUT2D eigenvalue weighted by Gasteiger charge is -2.28. The molecule has 1 aromatic rings. The molecule has 0 aliphatic heterocycles. The molecule has 0 saturated heterocycles. The predicted molar refractivity (Wildman–Crippen MR) is 99.3 cm³/mol. The minimum atomic E-state index is -1.23. The summed E-state index contributed by atoms with van der Waals surface area (Å²) in [5.74, 6) is -0.121. The van der Waals surface area contributed by atoms with Gasteiger partial charge in [-0.05, 0) is 46.8 Å². The van der Waals surface area contributed by atoms with Crippen LogP contribution in [0.2, 0.25) is 0 Å². The number of benzene rings is 1. The minimum absolute atomic E-state index is 0.179. The fourth-order valence-corrected chi connectivity index (χ4v) is 2.13. The van der Waals surface area contributed by atoms with Crippen molar-refractivity contribution in [3.63, 3.8) is 0 Å². The molecule has 0 saturated carbocycles. The predicted octanol–water partition coefficient (Wildman–Crippen LogP) is 2.93. The molecule has 1 aromatic carbocycles. The molecule has 0 bridgehead atoms. The van der Waals surface area contributed by atoms with E-state index in [9.17, 15) is 14.7 Å². The Morgan fingerprint density at radius 3 is 1.96 bits per heavy atom. The number of ether oxygens (including phenoxy) is 4. The van der Waals surface area contributed by atoms with E-state index in [1.807, 2.05) is 0 Å². The average molecular weight is 383 g/mol. The van der Waals surface area contributed by atoms with Gasteiger partial charge in [-0.15, -0.1) is 0 Å². The van der Waals surface area contributed by atoms with Gasteiger partial charge in [-0.2, -0.15) is 0 Å². The number of carboxylic acids is 1. The normalized spacial score (nSPS) is 12.9. The Kier molecular flexibility index (Phi) is 7.47. The zero-order valence-electron chi connectivity index (χ0n) is 16.9. The second-order valence-electron chi connectivity index (χ2n) is 7.46. The number of carboxylic acid groups (broad SMARTS) is 1. The van der Waals surface area contributed by atoms with Crippen molar-refractivity contribution in [2.45, 2.75) is 51.9 Å². The van der Waals surface area contributed by atoms with Crippen molar-refractivity contribution in [2.75, 3.05) is 20.8 Å². The first kappa shape index (κ1) is 22.6. The highest BCUT2D eigenvalue weighted by molar-refractivity contribution is 5.80. The number of rotatable bonds is 8. The molecule has 8 heteroatoms. The quantitative estimate of drug-likeness (QED) is 0.711. The summed E-state index contributed by atoms with van der Waals surface area (Å²) in [6.45, 7) is 8.57. The first-order valence-electron chi connectivity index (χ1n) is 8.48. The smallest absolute Gasteiger partial charge is 0.408 e. The Morgan fingerprint density at radius 2 is 1.56 bits per heavy atom. The molecule has 0 unspecified atom stereocenters. The van der Waals surface area contributed by atoms with Gasteiger partial charge in [0.05, 0.1) is 26.4 Å². The van der Waals surface area contributed by atoms with Gasteiger partial charge >= 0.3 is 12.1 Å². The molecule has 0 aromatic heterocycles. The van der Waals surface area contributed by atoms with Crippen LogP contribution in [0.25, 0.3) is 0 Å². The second kappa shape index (κ2) is 8.94. The summed E-state index contributed by atoms with van der Waals surface area (Å²) in [7, 11) is 3.04. The third-order valence-corrected chi connectivity index (χ3v) is 3.67. The molecule has 1 atom stereocenters. The molecule has 0 radical (unpaired) electrons. The fraction of sp³-hybridized carbons (Fsp3) is 0.579. The number of alkyl carbamates (subject to hydrolysis) is 1. The molecule has 8 nitrogen and oxygen atoms in total. The van der Waals surface area contributed by atoms with Gasteiger partial charge in [0.25, 0.3) is 0 Å². The minimum Gasteiger partial charge on any atom is -0.497 e. The number of carbonyl (C=O) groups excluding carboxylic acids is 1. The van der Waals surface area contributed by atoms with Gasteiger partial charge in [-0.3, -0.25) is 0 Å². The maximum atomic E-state index is 12.3. The third-order valence-electron chi connectivity index (χ3n) is 3.67. The molecular formula is C19H29NO7. The lowest BCUT2D eigenvalue weighted by molar-refractivity contribution is -0.142. The van der Waals surface area contributed by atoms with Gasteiger partial charge in [0.1, 0.15) is 17.1 Å².